The Bertz CT molecular complexity index is 572. The molecule has 2 fully saturated rings. The molecule has 1 unspecified atom stereocenters. The van der Waals surface area contributed by atoms with Gasteiger partial charge >= 0.3 is 0 Å². The summed E-state index contributed by atoms with van der Waals surface area (Å²) in [6, 6.07) is 9.08. The third-order valence-electron chi connectivity index (χ3n) is 4.42. The normalized spacial score (nSPS) is 38.0. The van der Waals surface area contributed by atoms with Crippen LogP contribution in [0.4, 0.5) is 4.39 Å². The smallest absolute Gasteiger partial charge is 0.278 e. The number of hydrogen-bond donors (Lipinski definition) is 0. The molecular weight excluding hydrogens is 309 g/mol. The van der Waals surface area contributed by atoms with Crippen molar-refractivity contribution in [1.29, 1.82) is 0 Å². The molecule has 23 heavy (non-hydrogen) atoms. The lowest BCUT2D eigenvalue weighted by atomic mass is 9.88. The number of fused-ring (bicyclic) bond motifs is 1. The molecule has 0 saturated carbocycles. The van der Waals surface area contributed by atoms with Crippen LogP contribution < -0.4 is 0 Å². The first-order chi connectivity index (χ1) is 11.0. The van der Waals surface area contributed by atoms with Crippen LogP contribution in [0, 0.1) is 10.1 Å². The van der Waals surface area contributed by atoms with Crippen molar-refractivity contribution in [3.8, 4) is 0 Å². The molecule has 2 aliphatic heterocycles. The summed E-state index contributed by atoms with van der Waals surface area (Å²) >= 11 is 0. The van der Waals surface area contributed by atoms with Crippen molar-refractivity contribution in [3.63, 3.8) is 0 Å². The van der Waals surface area contributed by atoms with Crippen LogP contribution in [0.15, 0.2) is 30.3 Å². The molecule has 126 valence electrons. The highest BCUT2D eigenvalue weighted by Gasteiger charge is 2.68. The molecule has 2 saturated heterocycles. The number of halogens is 1. The SMILES string of the molecule is CO[C@H](F)[C@H]1O[C@@H]2COC(c3ccccc3)O[C@H]2[C@@]1(C)[N+](=O)[O-]. The molecule has 6 atom stereocenters. The number of methoxy groups -OCH3 is 1. The molecule has 3 rings (SSSR count). The van der Waals surface area contributed by atoms with E-state index < -0.39 is 41.4 Å². The van der Waals surface area contributed by atoms with Gasteiger partial charge in [0.05, 0.1) is 6.61 Å². The number of alkyl halides is 1. The average Bonchev–Trinajstić information content (AvgIpc) is 2.89. The quantitative estimate of drug-likeness (QED) is 0.620. The predicted molar refractivity (Wildman–Crippen MR) is 76.0 cm³/mol. The summed E-state index contributed by atoms with van der Waals surface area (Å²) in [6.07, 6.45) is -5.69. The molecule has 2 aliphatic rings. The Morgan fingerprint density at radius 2 is 2.09 bits per heavy atom. The second kappa shape index (κ2) is 6.12. The zero-order valence-electron chi connectivity index (χ0n) is 12.8. The number of benzene rings is 1. The maximum atomic E-state index is 14.0. The summed E-state index contributed by atoms with van der Waals surface area (Å²) in [7, 11) is 1.14. The zero-order valence-corrected chi connectivity index (χ0v) is 12.8. The third-order valence-corrected chi connectivity index (χ3v) is 4.42. The monoisotopic (exact) mass is 327 g/mol. The molecule has 0 bridgehead atoms. The zero-order chi connectivity index (χ0) is 16.6. The van der Waals surface area contributed by atoms with Crippen molar-refractivity contribution < 1.29 is 28.3 Å². The Morgan fingerprint density at radius 1 is 1.39 bits per heavy atom. The van der Waals surface area contributed by atoms with Gasteiger partial charge in [-0.15, -0.1) is 0 Å². The largest absolute Gasteiger partial charge is 0.356 e. The van der Waals surface area contributed by atoms with Crippen molar-refractivity contribution >= 4 is 0 Å². The van der Waals surface area contributed by atoms with E-state index in [1.54, 1.807) is 12.1 Å². The van der Waals surface area contributed by atoms with Crippen molar-refractivity contribution in [2.75, 3.05) is 13.7 Å². The van der Waals surface area contributed by atoms with Gasteiger partial charge in [-0.1, -0.05) is 30.3 Å². The molecule has 0 aliphatic carbocycles. The fraction of sp³-hybridized carbons (Fsp3) is 0.600. The molecule has 7 nitrogen and oxygen atoms in total. The van der Waals surface area contributed by atoms with Crippen LogP contribution in [-0.4, -0.2) is 48.8 Å². The summed E-state index contributed by atoms with van der Waals surface area (Å²) in [5.74, 6) is 0. The van der Waals surface area contributed by atoms with E-state index in [-0.39, 0.29) is 6.61 Å². The van der Waals surface area contributed by atoms with Gasteiger partial charge in [-0.2, -0.15) is 0 Å². The van der Waals surface area contributed by atoms with Crippen molar-refractivity contribution in [2.24, 2.45) is 0 Å². The highest BCUT2D eigenvalue weighted by molar-refractivity contribution is 5.17. The molecular formula is C15H18FNO6. The lowest BCUT2D eigenvalue weighted by molar-refractivity contribution is -0.588. The minimum Gasteiger partial charge on any atom is -0.356 e. The Kier molecular flexibility index (Phi) is 4.33. The second-order valence-corrected chi connectivity index (χ2v) is 5.80. The summed E-state index contributed by atoms with van der Waals surface area (Å²) < 4.78 is 35.5. The van der Waals surface area contributed by atoms with Gasteiger partial charge in [0.2, 0.25) is 6.36 Å². The van der Waals surface area contributed by atoms with E-state index in [9.17, 15) is 14.5 Å². The lowest BCUT2D eigenvalue weighted by Gasteiger charge is -2.34. The van der Waals surface area contributed by atoms with Crippen LogP contribution in [-0.2, 0) is 18.9 Å². The molecule has 0 aromatic heterocycles. The van der Waals surface area contributed by atoms with Crippen LogP contribution in [0.25, 0.3) is 0 Å². The minimum absolute atomic E-state index is 0.0839. The fourth-order valence-electron chi connectivity index (χ4n) is 3.09. The minimum atomic E-state index is -1.92. The van der Waals surface area contributed by atoms with Gasteiger partial charge in [-0.05, 0) is 0 Å². The van der Waals surface area contributed by atoms with E-state index in [0.717, 1.165) is 12.7 Å². The molecule has 2 heterocycles. The summed E-state index contributed by atoms with van der Waals surface area (Å²) in [5, 5.41) is 11.6. The van der Waals surface area contributed by atoms with Crippen LogP contribution in [0.2, 0.25) is 0 Å². The highest BCUT2D eigenvalue weighted by atomic mass is 19.1. The van der Waals surface area contributed by atoms with Crippen LogP contribution in [0.5, 0.6) is 0 Å². The predicted octanol–water partition coefficient (Wildman–Crippen LogP) is 1.85. The second-order valence-electron chi connectivity index (χ2n) is 5.80. The van der Waals surface area contributed by atoms with Crippen LogP contribution in [0.1, 0.15) is 18.8 Å². The van der Waals surface area contributed by atoms with Gasteiger partial charge in [0, 0.05) is 24.5 Å². The number of hydrogen-bond acceptors (Lipinski definition) is 6. The first-order valence-corrected chi connectivity index (χ1v) is 7.27. The summed E-state index contributed by atoms with van der Waals surface area (Å²) in [4.78, 5) is 11.1. The number of ether oxygens (including phenoxy) is 4. The van der Waals surface area contributed by atoms with E-state index in [1.807, 2.05) is 18.2 Å². The number of nitro groups is 1. The van der Waals surface area contributed by atoms with E-state index in [0.29, 0.717) is 0 Å². The molecule has 0 amide bonds. The van der Waals surface area contributed by atoms with Gasteiger partial charge in [0.25, 0.3) is 5.54 Å². The molecule has 1 aromatic rings. The Morgan fingerprint density at radius 3 is 2.70 bits per heavy atom. The average molecular weight is 327 g/mol. The van der Waals surface area contributed by atoms with Crippen molar-refractivity contribution in [3.05, 3.63) is 46.0 Å². The summed E-state index contributed by atoms with van der Waals surface area (Å²) in [5.41, 5.74) is -1.03. The van der Waals surface area contributed by atoms with E-state index in [2.05, 4.69) is 4.74 Å². The Labute approximate surface area is 132 Å². The maximum absolute atomic E-state index is 14.0. The fourth-order valence-corrected chi connectivity index (χ4v) is 3.09. The van der Waals surface area contributed by atoms with E-state index in [4.69, 9.17) is 14.2 Å². The van der Waals surface area contributed by atoms with Gasteiger partial charge in [-0.3, -0.25) is 10.1 Å². The Hall–Kier alpha value is -1.61. The molecule has 0 spiro atoms. The summed E-state index contributed by atoms with van der Waals surface area (Å²) in [6.45, 7) is 1.40. The van der Waals surface area contributed by atoms with Crippen molar-refractivity contribution in [1.82, 2.24) is 0 Å². The molecule has 8 heteroatoms. The standard InChI is InChI=1S/C15H18FNO6/c1-15(17(18)19)11-10(22-12(15)13(16)20-2)8-21-14(23-11)9-6-4-3-5-7-9/h3-7,10-14H,8H2,1-2H3/t10-,11-,12-,13+,14?,15-/m1/s1. The number of rotatable bonds is 4. The first kappa shape index (κ1) is 16.3. The van der Waals surface area contributed by atoms with Crippen LogP contribution >= 0.6 is 0 Å². The van der Waals surface area contributed by atoms with E-state index in [1.165, 1.54) is 6.92 Å². The van der Waals surface area contributed by atoms with Gasteiger partial charge in [-0.25, -0.2) is 4.39 Å². The topological polar surface area (TPSA) is 80.1 Å². The molecule has 0 radical (unpaired) electrons. The van der Waals surface area contributed by atoms with Crippen molar-refractivity contribution in [2.45, 2.75) is 43.4 Å². The maximum Gasteiger partial charge on any atom is 0.278 e. The molecule has 0 N–H and O–H groups in total. The lowest BCUT2D eigenvalue weighted by Crippen LogP contribution is -2.57. The van der Waals surface area contributed by atoms with Crippen LogP contribution in [0.3, 0.4) is 0 Å². The van der Waals surface area contributed by atoms with Gasteiger partial charge in [0.15, 0.2) is 18.5 Å². The molecule has 1 aromatic carbocycles. The van der Waals surface area contributed by atoms with Gasteiger partial charge < -0.3 is 18.9 Å². The first-order valence-electron chi connectivity index (χ1n) is 7.27. The van der Waals surface area contributed by atoms with E-state index >= 15 is 0 Å². The van der Waals surface area contributed by atoms with Gasteiger partial charge in [0.1, 0.15) is 6.10 Å². The highest BCUT2D eigenvalue weighted by Crippen LogP contribution is 2.43. The third kappa shape index (κ3) is 2.61. The Balaban J connectivity index is 1.88. The number of nitrogens with zero attached hydrogens (tertiary/aromatic N) is 1.